The molecule has 90 valence electrons. The molecule has 1 aromatic carbocycles. The van der Waals surface area contributed by atoms with Crippen LogP contribution in [0, 0.1) is 0 Å². The van der Waals surface area contributed by atoms with E-state index in [0.29, 0.717) is 0 Å². The summed E-state index contributed by atoms with van der Waals surface area (Å²) in [6, 6.07) is 4.97. The summed E-state index contributed by atoms with van der Waals surface area (Å²) in [7, 11) is -6.90. The molecule has 0 aliphatic rings. The minimum absolute atomic E-state index is 0.00829. The highest BCUT2D eigenvalue weighted by atomic mass is 32.2. The lowest BCUT2D eigenvalue weighted by atomic mass is 10.3. The molecule has 0 heterocycles. The van der Waals surface area contributed by atoms with E-state index < -0.39 is 31.2 Å². The summed E-state index contributed by atoms with van der Waals surface area (Å²) < 4.78 is 45.0. The van der Waals surface area contributed by atoms with Crippen LogP contribution >= 0.6 is 0 Å². The molecule has 0 fully saturated rings. The van der Waals surface area contributed by atoms with Gasteiger partial charge < -0.3 is 5.11 Å². The fourth-order valence-corrected chi connectivity index (χ4v) is 3.91. The van der Waals surface area contributed by atoms with Crippen LogP contribution in [0.5, 0.6) is 5.75 Å². The summed E-state index contributed by atoms with van der Waals surface area (Å²) in [5, 5.41) is 8.99. The van der Waals surface area contributed by atoms with E-state index in [1.165, 1.54) is 24.3 Å². The maximum Gasteiger partial charge on any atom is 0.179 e. The molecule has 16 heavy (non-hydrogen) atoms. The predicted molar refractivity (Wildman–Crippen MR) is 59.9 cm³/mol. The number of aromatic hydroxyl groups is 1. The molecular formula is C9H12O5S2. The fourth-order valence-electron chi connectivity index (χ4n) is 1.03. The van der Waals surface area contributed by atoms with E-state index in [4.69, 9.17) is 5.11 Å². The molecule has 0 aliphatic heterocycles. The van der Waals surface area contributed by atoms with Crippen molar-refractivity contribution < 1.29 is 21.9 Å². The highest BCUT2D eigenvalue weighted by Gasteiger charge is 2.17. The average Bonchev–Trinajstić information content (AvgIpc) is 2.15. The van der Waals surface area contributed by atoms with Crippen LogP contribution in [-0.2, 0) is 19.7 Å². The number of phenols is 1. The molecule has 5 nitrogen and oxygen atoms in total. The molecule has 0 saturated carbocycles. The van der Waals surface area contributed by atoms with Crippen LogP contribution in [0.4, 0.5) is 0 Å². The van der Waals surface area contributed by atoms with Gasteiger partial charge in [-0.15, -0.1) is 0 Å². The normalized spacial score (nSPS) is 12.6. The van der Waals surface area contributed by atoms with Crippen molar-refractivity contribution in [1.82, 2.24) is 0 Å². The van der Waals surface area contributed by atoms with Gasteiger partial charge in [0.2, 0.25) is 0 Å². The minimum Gasteiger partial charge on any atom is -0.508 e. The van der Waals surface area contributed by atoms with Crippen molar-refractivity contribution in [2.24, 2.45) is 0 Å². The van der Waals surface area contributed by atoms with E-state index in [0.717, 1.165) is 6.26 Å². The van der Waals surface area contributed by atoms with Gasteiger partial charge in [0, 0.05) is 6.26 Å². The van der Waals surface area contributed by atoms with Gasteiger partial charge in [-0.05, 0) is 24.3 Å². The first-order valence-electron chi connectivity index (χ1n) is 4.40. The van der Waals surface area contributed by atoms with E-state index in [9.17, 15) is 16.8 Å². The van der Waals surface area contributed by atoms with Gasteiger partial charge in [0.15, 0.2) is 9.84 Å². The summed E-state index contributed by atoms with van der Waals surface area (Å²) in [6.07, 6.45) is 0.985. The molecule has 1 aromatic rings. The Morgan fingerprint density at radius 2 is 1.50 bits per heavy atom. The minimum atomic E-state index is -3.60. The largest absolute Gasteiger partial charge is 0.508 e. The highest BCUT2D eigenvalue weighted by molar-refractivity contribution is 7.94. The maximum absolute atomic E-state index is 11.6. The Hall–Kier alpha value is -1.08. The quantitative estimate of drug-likeness (QED) is 0.839. The number of sulfone groups is 2. The second-order valence-corrected chi connectivity index (χ2v) is 7.81. The Balaban J connectivity index is 2.91. The van der Waals surface area contributed by atoms with Gasteiger partial charge in [0.1, 0.15) is 15.6 Å². The monoisotopic (exact) mass is 264 g/mol. The third-order valence-electron chi connectivity index (χ3n) is 1.92. The topological polar surface area (TPSA) is 88.5 Å². The molecule has 0 amide bonds. The van der Waals surface area contributed by atoms with E-state index in [2.05, 4.69) is 0 Å². The molecule has 0 bridgehead atoms. The van der Waals surface area contributed by atoms with Crippen molar-refractivity contribution in [3.63, 3.8) is 0 Å². The number of hydrogen-bond donors (Lipinski definition) is 1. The van der Waals surface area contributed by atoms with Gasteiger partial charge in [0.05, 0.1) is 16.4 Å². The third kappa shape index (κ3) is 3.82. The first-order valence-corrected chi connectivity index (χ1v) is 8.11. The Morgan fingerprint density at radius 1 is 1.00 bits per heavy atom. The molecule has 7 heteroatoms. The second kappa shape index (κ2) is 4.42. The van der Waals surface area contributed by atoms with E-state index in [1.54, 1.807) is 0 Å². The van der Waals surface area contributed by atoms with Crippen LogP contribution in [0.2, 0.25) is 0 Å². The molecule has 0 unspecified atom stereocenters. The van der Waals surface area contributed by atoms with Crippen LogP contribution < -0.4 is 0 Å². The number of benzene rings is 1. The smallest absolute Gasteiger partial charge is 0.179 e. The zero-order valence-electron chi connectivity index (χ0n) is 8.62. The lowest BCUT2D eigenvalue weighted by Crippen LogP contribution is -2.16. The molecule has 1 rings (SSSR count). The van der Waals surface area contributed by atoms with Crippen molar-refractivity contribution in [3.05, 3.63) is 24.3 Å². The molecule has 0 aliphatic carbocycles. The van der Waals surface area contributed by atoms with Crippen LogP contribution in [-0.4, -0.2) is 39.7 Å². The Bertz CT molecular complexity index is 554. The van der Waals surface area contributed by atoms with E-state index in [-0.39, 0.29) is 10.6 Å². The third-order valence-corrected chi connectivity index (χ3v) is 4.85. The summed E-state index contributed by atoms with van der Waals surface area (Å²) >= 11 is 0. The van der Waals surface area contributed by atoms with Gasteiger partial charge in [-0.3, -0.25) is 0 Å². The number of rotatable bonds is 4. The molecule has 0 radical (unpaired) electrons. The number of hydrogen-bond acceptors (Lipinski definition) is 5. The summed E-state index contributed by atoms with van der Waals surface area (Å²) in [4.78, 5) is 0.00829. The summed E-state index contributed by atoms with van der Waals surface area (Å²) in [5.74, 6) is -0.894. The van der Waals surface area contributed by atoms with Crippen LogP contribution in [0.15, 0.2) is 29.2 Å². The molecule has 0 atom stereocenters. The SMILES string of the molecule is CS(=O)(=O)CCS(=O)(=O)c1ccc(O)cc1. The maximum atomic E-state index is 11.6. The van der Waals surface area contributed by atoms with Gasteiger partial charge in [-0.25, -0.2) is 16.8 Å². The molecule has 0 aromatic heterocycles. The molecule has 0 spiro atoms. The van der Waals surface area contributed by atoms with Crippen molar-refractivity contribution in [2.75, 3.05) is 17.8 Å². The van der Waals surface area contributed by atoms with Crippen molar-refractivity contribution >= 4 is 19.7 Å². The lowest BCUT2D eigenvalue weighted by molar-refractivity contribution is 0.475. The van der Waals surface area contributed by atoms with Gasteiger partial charge in [-0.1, -0.05) is 0 Å². The zero-order chi connectivity index (χ0) is 12.4. The Labute approximate surface area is 94.6 Å². The van der Waals surface area contributed by atoms with Gasteiger partial charge in [0.25, 0.3) is 0 Å². The molecular weight excluding hydrogens is 252 g/mol. The first kappa shape index (κ1) is 13.0. The average molecular weight is 264 g/mol. The lowest BCUT2D eigenvalue weighted by Gasteiger charge is -2.03. The zero-order valence-corrected chi connectivity index (χ0v) is 10.3. The fraction of sp³-hybridized carbons (Fsp3) is 0.333. The van der Waals surface area contributed by atoms with Crippen molar-refractivity contribution in [3.8, 4) is 5.75 Å². The molecule has 0 saturated heterocycles. The molecule has 1 N–H and O–H groups in total. The Kier molecular flexibility index (Phi) is 3.59. The van der Waals surface area contributed by atoms with E-state index >= 15 is 0 Å². The van der Waals surface area contributed by atoms with Crippen LogP contribution in [0.1, 0.15) is 0 Å². The standard InChI is InChI=1S/C9H12O5S2/c1-15(11,12)6-7-16(13,14)9-4-2-8(10)3-5-9/h2-5,10H,6-7H2,1H3. The van der Waals surface area contributed by atoms with Gasteiger partial charge in [-0.2, -0.15) is 0 Å². The van der Waals surface area contributed by atoms with Crippen LogP contribution in [0.25, 0.3) is 0 Å². The second-order valence-electron chi connectivity index (χ2n) is 3.44. The Morgan fingerprint density at radius 3 is 1.94 bits per heavy atom. The highest BCUT2D eigenvalue weighted by Crippen LogP contribution is 2.15. The summed E-state index contributed by atoms with van der Waals surface area (Å²) in [5.41, 5.74) is 0. The predicted octanol–water partition coefficient (Wildman–Crippen LogP) is 0.210. The van der Waals surface area contributed by atoms with E-state index in [1.807, 2.05) is 0 Å². The van der Waals surface area contributed by atoms with Gasteiger partial charge >= 0.3 is 0 Å². The van der Waals surface area contributed by atoms with Crippen LogP contribution in [0.3, 0.4) is 0 Å². The van der Waals surface area contributed by atoms with Crippen molar-refractivity contribution in [1.29, 1.82) is 0 Å². The first-order chi connectivity index (χ1) is 7.21. The van der Waals surface area contributed by atoms with Crippen molar-refractivity contribution in [2.45, 2.75) is 4.90 Å². The summed E-state index contributed by atoms with van der Waals surface area (Å²) in [6.45, 7) is 0. The number of phenolic OH excluding ortho intramolecular Hbond substituents is 1.